The Labute approximate surface area is 229 Å². The highest BCUT2D eigenvalue weighted by Gasteiger charge is 2.42. The highest BCUT2D eigenvalue weighted by molar-refractivity contribution is 5.91. The number of alkyl halides is 3. The molecule has 2 aliphatic heterocycles. The van der Waals surface area contributed by atoms with Gasteiger partial charge in [-0.3, -0.25) is 0 Å². The summed E-state index contributed by atoms with van der Waals surface area (Å²) in [6.07, 6.45) is -0.00638. The third-order valence-electron chi connectivity index (χ3n) is 7.69. The lowest BCUT2D eigenvalue weighted by molar-refractivity contribution is -0.141. The number of piperidine rings is 1. The van der Waals surface area contributed by atoms with Crippen LogP contribution in [0.2, 0.25) is 0 Å². The number of aromatic amines is 1. The molecule has 0 radical (unpaired) electrons. The van der Waals surface area contributed by atoms with Crippen LogP contribution in [0.25, 0.3) is 33.7 Å². The Morgan fingerprint density at radius 2 is 1.93 bits per heavy atom. The average molecular weight is 557 g/mol. The standard InChI is InChI=1S/C27H31F3N8O2/c1-16-15-40-13-12-37(16)21-14-20(33-25(34-21)19-5-9-32-24-18(19)4-8-31-24)22-23(27(28,29)30)35-38(26(22)39-3)17-6-10-36(2)11-7-17/h4-5,8-9,14,16-17H,6-7,10-13,15H2,1-3H3,(H,31,32)/t16-/m1/s1. The van der Waals surface area contributed by atoms with Gasteiger partial charge in [-0.1, -0.05) is 0 Å². The van der Waals surface area contributed by atoms with E-state index < -0.39 is 11.9 Å². The number of likely N-dealkylation sites (tertiary alicyclic amines) is 1. The molecule has 0 aliphatic carbocycles. The molecule has 4 aromatic heterocycles. The van der Waals surface area contributed by atoms with Crippen molar-refractivity contribution in [1.29, 1.82) is 0 Å². The maximum atomic E-state index is 14.6. The number of methoxy groups -OCH3 is 1. The van der Waals surface area contributed by atoms with E-state index in [1.54, 1.807) is 24.5 Å². The van der Waals surface area contributed by atoms with Crippen LogP contribution in [0.3, 0.4) is 0 Å². The second-order valence-corrected chi connectivity index (χ2v) is 10.4. The number of ether oxygens (including phenoxy) is 2. The summed E-state index contributed by atoms with van der Waals surface area (Å²) in [6.45, 7) is 5.03. The monoisotopic (exact) mass is 556 g/mol. The number of morpholine rings is 1. The summed E-state index contributed by atoms with van der Waals surface area (Å²) in [7, 11) is 3.38. The summed E-state index contributed by atoms with van der Waals surface area (Å²) in [5, 5.41) is 4.89. The molecule has 6 heterocycles. The lowest BCUT2D eigenvalue weighted by Gasteiger charge is -2.34. The number of nitrogens with one attached hydrogen (secondary N) is 1. The zero-order valence-corrected chi connectivity index (χ0v) is 22.6. The zero-order chi connectivity index (χ0) is 28.0. The van der Waals surface area contributed by atoms with Gasteiger partial charge in [-0.2, -0.15) is 18.3 Å². The van der Waals surface area contributed by atoms with E-state index in [-0.39, 0.29) is 29.2 Å². The quantitative estimate of drug-likeness (QED) is 0.386. The summed E-state index contributed by atoms with van der Waals surface area (Å²) in [4.78, 5) is 21.2. The molecule has 0 unspecified atom stereocenters. The van der Waals surface area contributed by atoms with Gasteiger partial charge in [-0.05, 0) is 52.0 Å². The maximum absolute atomic E-state index is 14.6. The van der Waals surface area contributed by atoms with Gasteiger partial charge in [-0.15, -0.1) is 0 Å². The van der Waals surface area contributed by atoms with Crippen molar-refractivity contribution in [3.05, 3.63) is 36.3 Å². The Morgan fingerprint density at radius 3 is 2.65 bits per heavy atom. The Morgan fingerprint density at radius 1 is 1.12 bits per heavy atom. The minimum atomic E-state index is -4.72. The Kier molecular flexibility index (Phi) is 6.87. The molecule has 1 N–H and O–H groups in total. The van der Waals surface area contributed by atoms with E-state index in [9.17, 15) is 13.2 Å². The van der Waals surface area contributed by atoms with Gasteiger partial charge < -0.3 is 24.3 Å². The van der Waals surface area contributed by atoms with Gasteiger partial charge in [0.2, 0.25) is 5.88 Å². The third-order valence-corrected chi connectivity index (χ3v) is 7.69. The van der Waals surface area contributed by atoms with Crippen LogP contribution >= 0.6 is 0 Å². The van der Waals surface area contributed by atoms with Crippen LogP contribution in [0.5, 0.6) is 5.88 Å². The topological polar surface area (TPSA) is 97.2 Å². The number of hydrogen-bond donors (Lipinski definition) is 1. The minimum Gasteiger partial charge on any atom is -0.481 e. The number of fused-ring (bicyclic) bond motifs is 1. The second kappa shape index (κ2) is 10.4. The zero-order valence-electron chi connectivity index (χ0n) is 22.6. The number of anilines is 1. The summed E-state index contributed by atoms with van der Waals surface area (Å²) in [5.41, 5.74) is 0.194. The van der Waals surface area contributed by atoms with Gasteiger partial charge in [0.05, 0.1) is 43.7 Å². The molecule has 0 amide bonds. The average Bonchev–Trinajstić information content (AvgIpc) is 3.58. The van der Waals surface area contributed by atoms with Crippen molar-refractivity contribution in [2.75, 3.05) is 51.9 Å². The molecule has 2 aliphatic rings. The van der Waals surface area contributed by atoms with Crippen LogP contribution in [-0.4, -0.2) is 87.7 Å². The first-order valence-corrected chi connectivity index (χ1v) is 13.3. The summed E-state index contributed by atoms with van der Waals surface area (Å²) < 4.78 is 56.4. The van der Waals surface area contributed by atoms with E-state index in [0.717, 1.165) is 18.5 Å². The molecule has 0 saturated carbocycles. The molecule has 212 valence electrons. The van der Waals surface area contributed by atoms with E-state index >= 15 is 0 Å². The highest BCUT2D eigenvalue weighted by Crippen LogP contribution is 2.44. The molecule has 6 rings (SSSR count). The van der Waals surface area contributed by atoms with Gasteiger partial charge in [0.25, 0.3) is 0 Å². The largest absolute Gasteiger partial charge is 0.481 e. The van der Waals surface area contributed by atoms with E-state index in [1.165, 1.54) is 11.8 Å². The number of pyridine rings is 1. The molecular formula is C27H31F3N8O2. The molecule has 0 spiro atoms. The minimum absolute atomic E-state index is 0.0278. The van der Waals surface area contributed by atoms with Crippen molar-refractivity contribution in [2.24, 2.45) is 0 Å². The number of halogens is 3. The molecule has 4 aromatic rings. The molecular weight excluding hydrogens is 525 g/mol. The SMILES string of the molecule is COc1c(-c2cc(N3CCOC[C@H]3C)nc(-c3ccnc4[nH]ccc34)n2)c(C(F)(F)F)nn1C1CCN(C)CC1. The fourth-order valence-corrected chi connectivity index (χ4v) is 5.58. The van der Waals surface area contributed by atoms with Crippen LogP contribution in [0, 0.1) is 0 Å². The van der Waals surface area contributed by atoms with Crippen molar-refractivity contribution >= 4 is 16.9 Å². The maximum Gasteiger partial charge on any atom is 0.435 e. The van der Waals surface area contributed by atoms with Gasteiger partial charge in [-0.25, -0.2) is 19.6 Å². The summed E-state index contributed by atoms with van der Waals surface area (Å²) in [6, 6.07) is 4.98. The summed E-state index contributed by atoms with van der Waals surface area (Å²) in [5.74, 6) is 0.855. The first-order valence-electron chi connectivity index (χ1n) is 13.3. The van der Waals surface area contributed by atoms with E-state index in [4.69, 9.17) is 19.4 Å². The van der Waals surface area contributed by atoms with Crippen molar-refractivity contribution in [3.8, 4) is 28.5 Å². The molecule has 10 nitrogen and oxygen atoms in total. The molecule has 2 saturated heterocycles. The lowest BCUT2D eigenvalue weighted by atomic mass is 10.1. The number of rotatable bonds is 5. The van der Waals surface area contributed by atoms with Crippen LogP contribution in [0.4, 0.5) is 19.0 Å². The number of hydrogen-bond acceptors (Lipinski definition) is 8. The molecule has 1 atom stereocenters. The molecule has 40 heavy (non-hydrogen) atoms. The molecule has 13 heteroatoms. The summed E-state index contributed by atoms with van der Waals surface area (Å²) >= 11 is 0. The Hall–Kier alpha value is -3.71. The first kappa shape index (κ1) is 26.5. The highest BCUT2D eigenvalue weighted by atomic mass is 19.4. The van der Waals surface area contributed by atoms with Gasteiger partial charge in [0.1, 0.15) is 11.5 Å². The van der Waals surface area contributed by atoms with Crippen LogP contribution in [0.15, 0.2) is 30.6 Å². The second-order valence-electron chi connectivity index (χ2n) is 10.4. The molecule has 2 fully saturated rings. The van der Waals surface area contributed by atoms with Crippen molar-refractivity contribution < 1.29 is 22.6 Å². The lowest BCUT2D eigenvalue weighted by Crippen LogP contribution is -2.44. The van der Waals surface area contributed by atoms with E-state index in [2.05, 4.69) is 20.0 Å². The Balaban J connectivity index is 1.58. The number of aromatic nitrogens is 6. The van der Waals surface area contributed by atoms with Crippen LogP contribution in [0.1, 0.15) is 31.5 Å². The molecule has 0 bridgehead atoms. The number of nitrogens with zero attached hydrogens (tertiary/aromatic N) is 7. The fourth-order valence-electron chi connectivity index (χ4n) is 5.58. The van der Waals surface area contributed by atoms with Crippen molar-refractivity contribution in [2.45, 2.75) is 38.0 Å². The Bertz CT molecular complexity index is 1510. The van der Waals surface area contributed by atoms with E-state index in [1.807, 2.05) is 24.9 Å². The van der Waals surface area contributed by atoms with Crippen LogP contribution in [-0.2, 0) is 10.9 Å². The predicted molar refractivity (Wildman–Crippen MR) is 143 cm³/mol. The normalized spacial score (nSPS) is 19.4. The molecule has 0 aromatic carbocycles. The smallest absolute Gasteiger partial charge is 0.435 e. The number of H-pyrrole nitrogens is 1. The van der Waals surface area contributed by atoms with Gasteiger partial charge in [0, 0.05) is 36.0 Å². The first-order chi connectivity index (χ1) is 19.2. The van der Waals surface area contributed by atoms with E-state index in [0.29, 0.717) is 55.5 Å². The van der Waals surface area contributed by atoms with Gasteiger partial charge in [0.15, 0.2) is 11.5 Å². The van der Waals surface area contributed by atoms with Crippen LogP contribution < -0.4 is 9.64 Å². The third kappa shape index (κ3) is 4.77. The fraction of sp³-hybridized carbons (Fsp3) is 0.481. The predicted octanol–water partition coefficient (Wildman–Crippen LogP) is 4.40. The van der Waals surface area contributed by atoms with Gasteiger partial charge >= 0.3 is 6.18 Å². The van der Waals surface area contributed by atoms with Crippen molar-refractivity contribution in [1.82, 2.24) is 34.6 Å². The van der Waals surface area contributed by atoms with Crippen molar-refractivity contribution in [3.63, 3.8) is 0 Å².